The highest BCUT2D eigenvalue weighted by molar-refractivity contribution is 7.80. The minimum absolute atomic E-state index is 0.121. The molecule has 0 aromatic carbocycles. The van der Waals surface area contributed by atoms with Gasteiger partial charge in [0.05, 0.1) is 10.4 Å². The molecule has 1 heterocycles. The van der Waals surface area contributed by atoms with Gasteiger partial charge >= 0.3 is 0 Å². The third-order valence-corrected chi connectivity index (χ3v) is 4.59. The van der Waals surface area contributed by atoms with Gasteiger partial charge in [0.1, 0.15) is 0 Å². The van der Waals surface area contributed by atoms with Crippen molar-refractivity contribution in [2.24, 2.45) is 11.1 Å². The molecule has 18 heavy (non-hydrogen) atoms. The van der Waals surface area contributed by atoms with E-state index in [1.807, 2.05) is 18.7 Å². The smallest absolute Gasteiger partial charge is 0.235 e. The predicted octanol–water partition coefficient (Wildman–Crippen LogP) is 1.24. The molecular weight excluding hydrogens is 246 g/mol. The van der Waals surface area contributed by atoms with E-state index < -0.39 is 5.41 Å². The van der Waals surface area contributed by atoms with E-state index in [1.165, 1.54) is 0 Å². The van der Waals surface area contributed by atoms with Crippen LogP contribution in [0.4, 0.5) is 0 Å². The first-order valence-corrected chi connectivity index (χ1v) is 7.24. The first-order chi connectivity index (χ1) is 8.51. The Kier molecular flexibility index (Phi) is 5.53. The molecule has 1 saturated heterocycles. The number of hydrogen-bond donors (Lipinski definition) is 1. The number of hydrogen-bond acceptors (Lipinski definition) is 3. The number of likely N-dealkylation sites (N-methyl/N-ethyl adjacent to an activating group) is 1. The van der Waals surface area contributed by atoms with E-state index in [0.717, 1.165) is 32.7 Å². The van der Waals surface area contributed by atoms with Crippen LogP contribution in [0.15, 0.2) is 0 Å². The summed E-state index contributed by atoms with van der Waals surface area (Å²) in [6.45, 7) is 10.6. The van der Waals surface area contributed by atoms with Crippen molar-refractivity contribution >= 4 is 23.1 Å². The molecule has 0 aliphatic carbocycles. The van der Waals surface area contributed by atoms with Crippen LogP contribution < -0.4 is 5.73 Å². The van der Waals surface area contributed by atoms with E-state index in [0.29, 0.717) is 17.8 Å². The van der Waals surface area contributed by atoms with Crippen LogP contribution >= 0.6 is 12.2 Å². The van der Waals surface area contributed by atoms with Gasteiger partial charge in [-0.3, -0.25) is 4.79 Å². The Morgan fingerprint density at radius 1 is 1.17 bits per heavy atom. The summed E-state index contributed by atoms with van der Waals surface area (Å²) in [5.41, 5.74) is 5.19. The van der Waals surface area contributed by atoms with E-state index in [9.17, 15) is 4.79 Å². The summed E-state index contributed by atoms with van der Waals surface area (Å²) in [6, 6.07) is 0. The Bertz CT molecular complexity index is 307. The van der Waals surface area contributed by atoms with Crippen LogP contribution in [0.2, 0.25) is 0 Å². The lowest BCUT2D eigenvalue weighted by molar-refractivity contribution is -0.140. The Balaban J connectivity index is 2.77. The van der Waals surface area contributed by atoms with Crippen molar-refractivity contribution in [1.82, 2.24) is 9.80 Å². The van der Waals surface area contributed by atoms with Gasteiger partial charge in [-0.1, -0.05) is 33.0 Å². The van der Waals surface area contributed by atoms with Crippen LogP contribution in [0.1, 0.15) is 33.6 Å². The summed E-state index contributed by atoms with van der Waals surface area (Å²) < 4.78 is 0. The summed E-state index contributed by atoms with van der Waals surface area (Å²) >= 11 is 5.14. The molecule has 2 N–H and O–H groups in total. The van der Waals surface area contributed by atoms with Crippen LogP contribution in [0.3, 0.4) is 0 Å². The summed E-state index contributed by atoms with van der Waals surface area (Å²) in [7, 11) is 0. The Morgan fingerprint density at radius 2 is 1.67 bits per heavy atom. The molecule has 104 valence electrons. The lowest BCUT2D eigenvalue weighted by atomic mass is 9.80. The molecule has 0 aromatic rings. The Labute approximate surface area is 115 Å². The highest BCUT2D eigenvalue weighted by Gasteiger charge is 2.41. The second kappa shape index (κ2) is 6.48. The highest BCUT2D eigenvalue weighted by atomic mass is 32.1. The van der Waals surface area contributed by atoms with Gasteiger partial charge in [-0.05, 0) is 19.4 Å². The number of nitrogens with zero attached hydrogens (tertiary/aromatic N) is 2. The number of nitrogens with two attached hydrogens (primary N) is 1. The van der Waals surface area contributed by atoms with Crippen molar-refractivity contribution in [1.29, 1.82) is 0 Å². The van der Waals surface area contributed by atoms with E-state index in [2.05, 4.69) is 11.8 Å². The monoisotopic (exact) mass is 271 g/mol. The first kappa shape index (κ1) is 15.4. The third-order valence-electron chi connectivity index (χ3n) is 4.19. The van der Waals surface area contributed by atoms with E-state index in [-0.39, 0.29) is 5.91 Å². The van der Waals surface area contributed by atoms with Crippen molar-refractivity contribution in [3.63, 3.8) is 0 Å². The second-order valence-electron chi connectivity index (χ2n) is 4.88. The van der Waals surface area contributed by atoms with Gasteiger partial charge < -0.3 is 15.5 Å². The zero-order valence-electron chi connectivity index (χ0n) is 11.7. The molecule has 4 nitrogen and oxygen atoms in total. The number of carbonyl (C=O) groups excluding carboxylic acids is 1. The largest absolute Gasteiger partial charge is 0.392 e. The van der Waals surface area contributed by atoms with Crippen molar-refractivity contribution in [3.8, 4) is 0 Å². The topological polar surface area (TPSA) is 49.6 Å². The highest BCUT2D eigenvalue weighted by Crippen LogP contribution is 2.30. The van der Waals surface area contributed by atoms with Crippen LogP contribution in [-0.2, 0) is 4.79 Å². The molecule has 5 heteroatoms. The number of piperazine rings is 1. The molecule has 0 bridgehead atoms. The molecule has 1 aliphatic heterocycles. The quantitative estimate of drug-likeness (QED) is 0.765. The fourth-order valence-corrected chi connectivity index (χ4v) is 2.95. The maximum atomic E-state index is 12.7. The second-order valence-corrected chi connectivity index (χ2v) is 5.32. The molecule has 0 saturated carbocycles. The van der Waals surface area contributed by atoms with Gasteiger partial charge in [-0.2, -0.15) is 0 Å². The van der Waals surface area contributed by atoms with Crippen molar-refractivity contribution in [2.75, 3.05) is 32.7 Å². The molecule has 1 amide bonds. The first-order valence-electron chi connectivity index (χ1n) is 6.83. The summed E-state index contributed by atoms with van der Waals surface area (Å²) in [4.78, 5) is 17.3. The standard InChI is InChI=1S/C13H25N3OS/c1-4-13(5-2,11(14)18)12(17)16-9-7-15(6-3)8-10-16/h4-10H2,1-3H3,(H2,14,18). The zero-order valence-corrected chi connectivity index (χ0v) is 12.6. The Morgan fingerprint density at radius 3 is 2.00 bits per heavy atom. The van der Waals surface area contributed by atoms with E-state index in [4.69, 9.17) is 18.0 Å². The van der Waals surface area contributed by atoms with Crippen molar-refractivity contribution < 1.29 is 4.79 Å². The lowest BCUT2D eigenvalue weighted by Gasteiger charge is -2.40. The van der Waals surface area contributed by atoms with Gasteiger partial charge in [0.25, 0.3) is 0 Å². The third kappa shape index (κ3) is 2.83. The van der Waals surface area contributed by atoms with Crippen molar-refractivity contribution in [2.45, 2.75) is 33.6 Å². The molecule has 0 unspecified atom stereocenters. The van der Waals surface area contributed by atoms with Gasteiger partial charge in [0.15, 0.2) is 0 Å². The average molecular weight is 271 g/mol. The number of thiocarbonyl (C=S) groups is 1. The fourth-order valence-electron chi connectivity index (χ4n) is 2.58. The Hall–Kier alpha value is -0.680. The molecule has 0 spiro atoms. The molecule has 0 atom stereocenters. The molecule has 0 radical (unpaired) electrons. The lowest BCUT2D eigenvalue weighted by Crippen LogP contribution is -2.55. The van der Waals surface area contributed by atoms with E-state index in [1.54, 1.807) is 0 Å². The van der Waals surface area contributed by atoms with Crippen LogP contribution in [-0.4, -0.2) is 53.4 Å². The molecule has 0 aromatic heterocycles. The minimum Gasteiger partial charge on any atom is -0.392 e. The maximum absolute atomic E-state index is 12.7. The van der Waals surface area contributed by atoms with Gasteiger partial charge in [0.2, 0.25) is 5.91 Å². The normalized spacial score (nSPS) is 17.8. The summed E-state index contributed by atoms with van der Waals surface area (Å²) in [5, 5.41) is 0. The zero-order chi connectivity index (χ0) is 13.8. The number of rotatable bonds is 5. The van der Waals surface area contributed by atoms with Gasteiger partial charge in [-0.15, -0.1) is 0 Å². The number of carbonyl (C=O) groups is 1. The van der Waals surface area contributed by atoms with Gasteiger partial charge in [0, 0.05) is 26.2 Å². The minimum atomic E-state index is -0.635. The van der Waals surface area contributed by atoms with E-state index >= 15 is 0 Å². The SMILES string of the molecule is CCN1CCN(C(=O)C(CC)(CC)C(N)=S)CC1. The number of amides is 1. The predicted molar refractivity (Wildman–Crippen MR) is 78.5 cm³/mol. The summed E-state index contributed by atoms with van der Waals surface area (Å²) in [6.07, 6.45) is 1.37. The molecule has 1 fully saturated rings. The van der Waals surface area contributed by atoms with Crippen molar-refractivity contribution in [3.05, 3.63) is 0 Å². The maximum Gasteiger partial charge on any atom is 0.235 e. The summed E-state index contributed by atoms with van der Waals surface area (Å²) in [5.74, 6) is 0.121. The van der Waals surface area contributed by atoms with Gasteiger partial charge in [-0.25, -0.2) is 0 Å². The average Bonchev–Trinajstić information content (AvgIpc) is 2.40. The van der Waals surface area contributed by atoms with Crippen LogP contribution in [0.25, 0.3) is 0 Å². The fraction of sp³-hybridized carbons (Fsp3) is 0.846. The van der Waals surface area contributed by atoms with Crippen LogP contribution in [0, 0.1) is 5.41 Å². The molecule has 1 rings (SSSR count). The molecule has 1 aliphatic rings. The molecular formula is C13H25N3OS. The van der Waals surface area contributed by atoms with Crippen LogP contribution in [0.5, 0.6) is 0 Å².